The summed E-state index contributed by atoms with van der Waals surface area (Å²) in [6.07, 6.45) is -0.0912. The van der Waals surface area contributed by atoms with E-state index in [0.717, 1.165) is 10.9 Å². The Labute approximate surface area is 171 Å². The van der Waals surface area contributed by atoms with Gasteiger partial charge in [-0.05, 0) is 18.6 Å². The predicted octanol–water partition coefficient (Wildman–Crippen LogP) is -1.65. The lowest BCUT2D eigenvalue weighted by Gasteiger charge is -2.23. The molecule has 9 N–H and O–H groups in total. The highest BCUT2D eigenvalue weighted by Gasteiger charge is 2.30. The number of hydrogen-bond acceptors (Lipinski definition) is 6. The third-order valence-corrected chi connectivity index (χ3v) is 4.57. The number of nitrogens with one attached hydrogen (secondary N) is 3. The number of aromatic nitrogens is 1. The molecule has 30 heavy (non-hydrogen) atoms. The number of aliphatic hydroxyl groups is 1. The number of carboxylic acid groups (broad SMARTS) is 1. The summed E-state index contributed by atoms with van der Waals surface area (Å²) in [7, 11) is 0. The Hall–Kier alpha value is -3.44. The van der Waals surface area contributed by atoms with Gasteiger partial charge in [-0.1, -0.05) is 18.2 Å². The maximum absolute atomic E-state index is 12.8. The minimum atomic E-state index is -1.55. The van der Waals surface area contributed by atoms with Crippen molar-refractivity contribution in [2.24, 2.45) is 11.5 Å². The maximum atomic E-state index is 12.8. The molecule has 0 fully saturated rings. The molecule has 0 aliphatic carbocycles. The summed E-state index contributed by atoms with van der Waals surface area (Å²) in [6, 6.07) is 3.25. The van der Waals surface area contributed by atoms with Gasteiger partial charge in [-0.25, -0.2) is 4.79 Å². The number of H-pyrrole nitrogens is 1. The topological polar surface area (TPSA) is 201 Å². The number of rotatable bonds is 10. The van der Waals surface area contributed by atoms with E-state index in [1.165, 1.54) is 6.92 Å². The quantitative estimate of drug-likeness (QED) is 0.239. The van der Waals surface area contributed by atoms with Crippen molar-refractivity contribution in [1.82, 2.24) is 15.6 Å². The minimum Gasteiger partial charge on any atom is -0.480 e. The number of primary amides is 1. The van der Waals surface area contributed by atoms with E-state index in [9.17, 15) is 29.4 Å². The van der Waals surface area contributed by atoms with Crippen molar-refractivity contribution in [3.63, 3.8) is 0 Å². The Balaban J connectivity index is 2.27. The molecule has 1 heterocycles. The Kier molecular flexibility index (Phi) is 7.50. The van der Waals surface area contributed by atoms with Crippen molar-refractivity contribution in [1.29, 1.82) is 0 Å². The number of carbonyl (C=O) groups excluding carboxylic acids is 3. The molecule has 2 aromatic rings. The van der Waals surface area contributed by atoms with Crippen LogP contribution in [-0.4, -0.2) is 63.1 Å². The number of aromatic amines is 1. The van der Waals surface area contributed by atoms with E-state index in [-0.39, 0.29) is 6.42 Å². The molecule has 2 rings (SSSR count). The molecule has 11 heteroatoms. The molecular formula is C19H25N5O6. The SMILES string of the molecule is CC(O)C(N)C(=O)NC(Cc1c[nH]c2ccccc12)C(=O)NC(CC(N)=O)C(=O)O. The molecule has 4 unspecified atom stereocenters. The van der Waals surface area contributed by atoms with E-state index < -0.39 is 54.3 Å². The number of fused-ring (bicyclic) bond motifs is 1. The number of carboxylic acids is 1. The van der Waals surface area contributed by atoms with Gasteiger partial charge in [0.2, 0.25) is 17.7 Å². The molecule has 4 atom stereocenters. The lowest BCUT2D eigenvalue weighted by atomic mass is 10.0. The van der Waals surface area contributed by atoms with Crippen molar-refractivity contribution in [3.8, 4) is 0 Å². The summed E-state index contributed by atoms with van der Waals surface area (Å²) < 4.78 is 0. The molecule has 0 spiro atoms. The van der Waals surface area contributed by atoms with E-state index in [1.807, 2.05) is 24.3 Å². The number of benzene rings is 1. The summed E-state index contributed by atoms with van der Waals surface area (Å²) >= 11 is 0. The second-order valence-corrected chi connectivity index (χ2v) is 6.96. The van der Waals surface area contributed by atoms with Gasteiger partial charge in [-0.3, -0.25) is 14.4 Å². The molecule has 0 radical (unpaired) electrons. The molecule has 1 aromatic heterocycles. The number of para-hydroxylation sites is 1. The summed E-state index contributed by atoms with van der Waals surface area (Å²) in [5, 5.41) is 24.2. The van der Waals surface area contributed by atoms with Crippen LogP contribution in [0.3, 0.4) is 0 Å². The van der Waals surface area contributed by atoms with Crippen LogP contribution >= 0.6 is 0 Å². The molecule has 162 valence electrons. The normalized spacial score (nSPS) is 15.0. The van der Waals surface area contributed by atoms with Crippen LogP contribution in [0.1, 0.15) is 18.9 Å². The molecule has 0 bridgehead atoms. The standard InChI is InChI=1S/C19H25N5O6/c1-9(25)16(21)18(28)23-13(17(27)24-14(19(29)30)7-15(20)26)6-10-8-22-12-5-3-2-4-11(10)12/h2-5,8-9,13-14,16,22,25H,6-7,21H2,1H3,(H2,20,26)(H,23,28)(H,24,27)(H,29,30). The Morgan fingerprint density at radius 2 is 1.73 bits per heavy atom. The smallest absolute Gasteiger partial charge is 0.326 e. The molecular weight excluding hydrogens is 394 g/mol. The Morgan fingerprint density at radius 3 is 2.33 bits per heavy atom. The van der Waals surface area contributed by atoms with E-state index in [0.29, 0.717) is 5.56 Å². The fraction of sp³-hybridized carbons (Fsp3) is 0.368. The molecule has 0 saturated carbocycles. The second kappa shape index (κ2) is 9.85. The molecule has 11 nitrogen and oxygen atoms in total. The Morgan fingerprint density at radius 1 is 1.10 bits per heavy atom. The largest absolute Gasteiger partial charge is 0.480 e. The van der Waals surface area contributed by atoms with Gasteiger partial charge in [0.05, 0.1) is 12.5 Å². The third kappa shape index (κ3) is 5.78. The highest BCUT2D eigenvalue weighted by atomic mass is 16.4. The average Bonchev–Trinajstić information content (AvgIpc) is 3.08. The van der Waals surface area contributed by atoms with Crippen LogP contribution in [0.5, 0.6) is 0 Å². The number of amides is 3. The van der Waals surface area contributed by atoms with Crippen molar-refractivity contribution in [3.05, 3.63) is 36.0 Å². The summed E-state index contributed by atoms with van der Waals surface area (Å²) in [6.45, 7) is 1.33. The van der Waals surface area contributed by atoms with Crippen molar-refractivity contribution >= 4 is 34.6 Å². The first-order valence-corrected chi connectivity index (χ1v) is 9.20. The summed E-state index contributed by atoms with van der Waals surface area (Å²) in [4.78, 5) is 50.6. The van der Waals surface area contributed by atoms with Gasteiger partial charge in [0.1, 0.15) is 18.1 Å². The van der Waals surface area contributed by atoms with Crippen LogP contribution in [0.25, 0.3) is 10.9 Å². The zero-order valence-corrected chi connectivity index (χ0v) is 16.3. The van der Waals surface area contributed by atoms with E-state index >= 15 is 0 Å². The minimum absolute atomic E-state index is 0.0109. The first-order valence-electron chi connectivity index (χ1n) is 9.20. The number of aliphatic carboxylic acids is 1. The van der Waals surface area contributed by atoms with Crippen LogP contribution in [0.4, 0.5) is 0 Å². The molecule has 3 amide bonds. The lowest BCUT2D eigenvalue weighted by molar-refractivity contribution is -0.143. The van der Waals surface area contributed by atoms with Crippen LogP contribution in [-0.2, 0) is 25.6 Å². The highest BCUT2D eigenvalue weighted by molar-refractivity contribution is 5.94. The second-order valence-electron chi connectivity index (χ2n) is 6.96. The number of nitrogens with two attached hydrogens (primary N) is 2. The van der Waals surface area contributed by atoms with Gasteiger partial charge < -0.3 is 37.3 Å². The van der Waals surface area contributed by atoms with Crippen molar-refractivity contribution in [2.45, 2.75) is 44.0 Å². The van der Waals surface area contributed by atoms with Gasteiger partial charge >= 0.3 is 5.97 Å². The van der Waals surface area contributed by atoms with Crippen molar-refractivity contribution in [2.75, 3.05) is 0 Å². The van der Waals surface area contributed by atoms with E-state index in [1.54, 1.807) is 6.20 Å². The zero-order valence-electron chi connectivity index (χ0n) is 16.3. The number of aliphatic hydroxyl groups excluding tert-OH is 1. The average molecular weight is 419 g/mol. The Bertz CT molecular complexity index is 940. The first-order chi connectivity index (χ1) is 14.1. The number of carbonyl (C=O) groups is 4. The lowest BCUT2D eigenvalue weighted by Crippen LogP contribution is -2.57. The highest BCUT2D eigenvalue weighted by Crippen LogP contribution is 2.19. The van der Waals surface area contributed by atoms with Crippen molar-refractivity contribution < 1.29 is 29.4 Å². The van der Waals surface area contributed by atoms with Crippen LogP contribution in [0.2, 0.25) is 0 Å². The fourth-order valence-corrected chi connectivity index (χ4v) is 2.89. The van der Waals surface area contributed by atoms with Gasteiger partial charge in [0, 0.05) is 23.5 Å². The van der Waals surface area contributed by atoms with E-state index in [4.69, 9.17) is 11.5 Å². The molecule has 0 saturated heterocycles. The van der Waals surface area contributed by atoms with Gasteiger partial charge in [-0.15, -0.1) is 0 Å². The van der Waals surface area contributed by atoms with Gasteiger partial charge in [-0.2, -0.15) is 0 Å². The summed E-state index contributed by atoms with van der Waals surface area (Å²) in [5.41, 5.74) is 12.2. The zero-order chi connectivity index (χ0) is 22.4. The summed E-state index contributed by atoms with van der Waals surface area (Å²) in [5.74, 6) is -3.97. The number of hydrogen-bond donors (Lipinski definition) is 7. The monoisotopic (exact) mass is 419 g/mol. The molecule has 1 aromatic carbocycles. The first kappa shape index (κ1) is 22.8. The van der Waals surface area contributed by atoms with Crippen LogP contribution in [0.15, 0.2) is 30.5 Å². The van der Waals surface area contributed by atoms with Crippen LogP contribution < -0.4 is 22.1 Å². The maximum Gasteiger partial charge on any atom is 0.326 e. The van der Waals surface area contributed by atoms with Gasteiger partial charge in [0.15, 0.2) is 0 Å². The van der Waals surface area contributed by atoms with E-state index in [2.05, 4.69) is 15.6 Å². The third-order valence-electron chi connectivity index (χ3n) is 4.57. The van der Waals surface area contributed by atoms with Gasteiger partial charge in [0.25, 0.3) is 0 Å². The van der Waals surface area contributed by atoms with Crippen LogP contribution in [0, 0.1) is 0 Å². The fourth-order valence-electron chi connectivity index (χ4n) is 2.89. The predicted molar refractivity (Wildman–Crippen MR) is 107 cm³/mol. The molecule has 0 aliphatic heterocycles. The molecule has 0 aliphatic rings.